The maximum absolute atomic E-state index is 14.3. The average molecular weight is 655 g/mol. The van der Waals surface area contributed by atoms with Crippen molar-refractivity contribution in [2.75, 3.05) is 6.54 Å². The molecule has 3 N–H and O–H groups in total. The van der Waals surface area contributed by atoms with E-state index in [1.54, 1.807) is 17.2 Å². The van der Waals surface area contributed by atoms with Crippen molar-refractivity contribution in [2.45, 2.75) is 93.3 Å². The molecule has 3 saturated heterocycles. The Kier molecular flexibility index (Phi) is 7.83. The SMILES string of the molecule is O=C(NC1CCCC[C@H]2CC[C@@H](C(=O)N3CC(c4cccnc4)CC34CC4)N2C1=O)c1cc2cc(C(F)P(=O)(O)O)ccc2s1. The molecule has 0 bridgehead atoms. The summed E-state index contributed by atoms with van der Waals surface area (Å²) >= 11 is 1.16. The largest absolute Gasteiger partial charge is 0.363 e. The fourth-order valence-corrected chi connectivity index (χ4v) is 9.16. The summed E-state index contributed by atoms with van der Waals surface area (Å²) in [4.78, 5) is 68.7. The van der Waals surface area contributed by atoms with E-state index in [4.69, 9.17) is 0 Å². The van der Waals surface area contributed by atoms with Gasteiger partial charge in [0.05, 0.1) is 4.88 Å². The van der Waals surface area contributed by atoms with Gasteiger partial charge >= 0.3 is 7.60 Å². The number of fused-ring (bicyclic) bond motifs is 2. The summed E-state index contributed by atoms with van der Waals surface area (Å²) in [7, 11) is -4.97. The summed E-state index contributed by atoms with van der Waals surface area (Å²) in [5.41, 5.74) is 0.838. The lowest BCUT2D eigenvalue weighted by molar-refractivity contribution is -0.148. The Hall–Kier alpha value is -3.18. The summed E-state index contributed by atoms with van der Waals surface area (Å²) in [6.07, 6.45) is 10.8. The van der Waals surface area contributed by atoms with Gasteiger partial charge in [0, 0.05) is 41.1 Å². The number of carbonyl (C=O) groups is 3. The van der Waals surface area contributed by atoms with E-state index < -0.39 is 31.5 Å². The van der Waals surface area contributed by atoms with Gasteiger partial charge in [0.1, 0.15) is 12.1 Å². The van der Waals surface area contributed by atoms with E-state index in [1.807, 2.05) is 17.2 Å². The van der Waals surface area contributed by atoms with E-state index in [-0.39, 0.29) is 34.9 Å². The first-order valence-corrected chi connectivity index (χ1v) is 18.1. The number of nitrogens with zero attached hydrogens (tertiary/aromatic N) is 3. The second kappa shape index (κ2) is 11.6. The summed E-state index contributed by atoms with van der Waals surface area (Å²) in [5.74, 6) is -2.88. The molecule has 3 aliphatic heterocycles. The molecule has 1 saturated carbocycles. The number of amides is 3. The second-order valence-corrected chi connectivity index (χ2v) is 15.7. The van der Waals surface area contributed by atoms with Gasteiger partial charge in [-0.1, -0.05) is 25.0 Å². The molecule has 3 aromatic rings. The van der Waals surface area contributed by atoms with Crippen LogP contribution in [0.1, 0.15) is 90.4 Å². The molecule has 4 fully saturated rings. The van der Waals surface area contributed by atoms with Crippen LogP contribution < -0.4 is 5.32 Å². The number of nitrogens with one attached hydrogen (secondary N) is 1. The van der Waals surface area contributed by atoms with Crippen LogP contribution in [0.25, 0.3) is 10.1 Å². The van der Waals surface area contributed by atoms with Crippen molar-refractivity contribution in [1.82, 2.24) is 20.1 Å². The van der Waals surface area contributed by atoms with Gasteiger partial charge in [0.15, 0.2) is 0 Å². The Morgan fingerprint density at radius 3 is 2.64 bits per heavy atom. The number of benzene rings is 1. The third-order valence-electron chi connectivity index (χ3n) is 10.1. The number of pyridine rings is 1. The molecule has 0 radical (unpaired) electrons. The van der Waals surface area contributed by atoms with Gasteiger partial charge in [0.2, 0.25) is 17.7 Å². The second-order valence-electron chi connectivity index (χ2n) is 13.0. The quantitative estimate of drug-likeness (QED) is 0.317. The topological polar surface area (TPSA) is 140 Å². The first-order chi connectivity index (χ1) is 21.5. The highest BCUT2D eigenvalue weighted by atomic mass is 32.1. The van der Waals surface area contributed by atoms with Gasteiger partial charge < -0.3 is 24.9 Å². The number of hydrogen-bond donors (Lipinski definition) is 3. The molecule has 4 aliphatic rings. The Balaban J connectivity index is 1.08. The van der Waals surface area contributed by atoms with E-state index >= 15 is 0 Å². The van der Waals surface area contributed by atoms with Crippen molar-refractivity contribution in [2.24, 2.45) is 0 Å². The van der Waals surface area contributed by atoms with E-state index in [0.29, 0.717) is 34.3 Å². The van der Waals surface area contributed by atoms with E-state index in [1.165, 1.54) is 18.2 Å². The number of aromatic nitrogens is 1. The van der Waals surface area contributed by atoms with Crippen LogP contribution in [-0.2, 0) is 14.2 Å². The van der Waals surface area contributed by atoms with Gasteiger partial charge in [-0.05, 0) is 85.7 Å². The summed E-state index contributed by atoms with van der Waals surface area (Å²) in [6.45, 7) is 0.624. The van der Waals surface area contributed by atoms with Crippen molar-refractivity contribution in [3.8, 4) is 0 Å². The molecule has 13 heteroatoms. The summed E-state index contributed by atoms with van der Waals surface area (Å²) in [5, 5.41) is 3.41. The molecular formula is C32H36FN4O6PS. The minimum absolute atomic E-state index is 0.0159. The summed E-state index contributed by atoms with van der Waals surface area (Å²) < 4.78 is 26.3. The van der Waals surface area contributed by atoms with E-state index in [9.17, 15) is 33.1 Å². The maximum atomic E-state index is 14.3. The van der Waals surface area contributed by atoms with Crippen LogP contribution in [0, 0.1) is 0 Å². The molecule has 5 heterocycles. The number of likely N-dealkylation sites (tertiary alicyclic amines) is 1. The molecule has 2 aromatic heterocycles. The van der Waals surface area contributed by atoms with Crippen LogP contribution in [0.2, 0.25) is 0 Å². The molecule has 5 atom stereocenters. The average Bonchev–Trinajstić information content (AvgIpc) is 3.33. The Labute approximate surface area is 264 Å². The Bertz CT molecular complexity index is 1690. The highest BCUT2D eigenvalue weighted by Gasteiger charge is 2.58. The highest BCUT2D eigenvalue weighted by molar-refractivity contribution is 7.51. The minimum Gasteiger partial charge on any atom is -0.340 e. The molecule has 10 nitrogen and oxygen atoms in total. The number of hydrogen-bond acceptors (Lipinski definition) is 6. The number of rotatable bonds is 6. The maximum Gasteiger partial charge on any atom is 0.363 e. The molecule has 3 unspecified atom stereocenters. The van der Waals surface area contributed by atoms with Gasteiger partial charge in [-0.25, -0.2) is 4.39 Å². The zero-order valence-corrected chi connectivity index (χ0v) is 26.4. The van der Waals surface area contributed by atoms with Gasteiger partial charge in [0.25, 0.3) is 5.91 Å². The minimum atomic E-state index is -4.97. The van der Waals surface area contributed by atoms with Crippen LogP contribution >= 0.6 is 18.9 Å². The van der Waals surface area contributed by atoms with Gasteiger partial charge in [-0.3, -0.25) is 23.9 Å². The van der Waals surface area contributed by atoms with Crippen LogP contribution in [0.3, 0.4) is 0 Å². The first kappa shape index (κ1) is 30.5. The monoisotopic (exact) mass is 654 g/mol. The van der Waals surface area contributed by atoms with Crippen LogP contribution in [0.4, 0.5) is 4.39 Å². The summed E-state index contributed by atoms with van der Waals surface area (Å²) in [6, 6.07) is 8.35. The number of alkyl halides is 1. The fourth-order valence-electron chi connectivity index (χ4n) is 7.66. The zero-order valence-electron chi connectivity index (χ0n) is 24.7. The van der Waals surface area contributed by atoms with Crippen LogP contribution in [-0.4, -0.2) is 72.5 Å². The normalized spacial score (nSPS) is 26.9. The van der Waals surface area contributed by atoms with Crippen LogP contribution in [0.15, 0.2) is 48.8 Å². The lowest BCUT2D eigenvalue weighted by atomic mass is 9.97. The molecule has 3 amide bonds. The lowest BCUT2D eigenvalue weighted by Gasteiger charge is -2.37. The third kappa shape index (κ3) is 5.71. The standard InChI is InChI=1S/C32H36FN4O6PS/c33-28(44(41,42)43)19-7-10-26-21(14-19)15-27(45-26)29(38)35-24-6-2-1-5-23-8-9-25(37(23)30(24)39)31(40)36-18-22(16-32(36)11-12-32)20-4-3-13-34-17-20/h3-4,7,10,13-15,17,22-25,28H,1-2,5-6,8-9,11-12,16,18H2,(H,35,38)(H2,41,42,43)/t22?,23-,24?,25-,28?/m0/s1. The van der Waals surface area contributed by atoms with E-state index in [0.717, 1.165) is 61.8 Å². The molecule has 45 heavy (non-hydrogen) atoms. The molecule has 1 spiro atoms. The Morgan fingerprint density at radius 1 is 1.11 bits per heavy atom. The number of thiophene rings is 1. The smallest absolute Gasteiger partial charge is 0.340 e. The van der Waals surface area contributed by atoms with Crippen LogP contribution in [0.5, 0.6) is 0 Å². The van der Waals surface area contributed by atoms with Crippen molar-refractivity contribution in [3.05, 3.63) is 64.8 Å². The predicted molar refractivity (Wildman–Crippen MR) is 166 cm³/mol. The molecule has 238 valence electrons. The van der Waals surface area contributed by atoms with Crippen molar-refractivity contribution in [3.63, 3.8) is 0 Å². The van der Waals surface area contributed by atoms with Crippen molar-refractivity contribution in [1.29, 1.82) is 0 Å². The predicted octanol–water partition coefficient (Wildman–Crippen LogP) is 5.02. The van der Waals surface area contributed by atoms with E-state index in [2.05, 4.69) is 16.4 Å². The third-order valence-corrected chi connectivity index (χ3v) is 12.1. The van der Waals surface area contributed by atoms with Gasteiger partial charge in [-0.2, -0.15) is 0 Å². The molecule has 1 aromatic carbocycles. The number of halogens is 1. The lowest BCUT2D eigenvalue weighted by Crippen LogP contribution is -2.57. The Morgan fingerprint density at radius 2 is 1.91 bits per heavy atom. The molecular weight excluding hydrogens is 618 g/mol. The highest BCUT2D eigenvalue weighted by Crippen LogP contribution is 2.55. The fraction of sp³-hybridized carbons (Fsp3) is 0.500. The van der Waals surface area contributed by atoms with Crippen molar-refractivity contribution >= 4 is 46.7 Å². The zero-order chi connectivity index (χ0) is 31.5. The first-order valence-electron chi connectivity index (χ1n) is 15.6. The molecule has 7 rings (SSSR count). The van der Waals surface area contributed by atoms with Gasteiger partial charge in [-0.15, -0.1) is 11.3 Å². The number of carbonyl (C=O) groups excluding carboxylic acids is 3. The molecule has 1 aliphatic carbocycles. The van der Waals surface area contributed by atoms with Crippen molar-refractivity contribution < 1.29 is 33.1 Å².